The van der Waals surface area contributed by atoms with Crippen molar-refractivity contribution in [2.75, 3.05) is 45.9 Å². The highest BCUT2D eigenvalue weighted by Gasteiger charge is 2.46. The van der Waals surface area contributed by atoms with Crippen molar-refractivity contribution in [3.8, 4) is 0 Å². The number of alkyl halides is 3. The van der Waals surface area contributed by atoms with Gasteiger partial charge >= 0.3 is 12.2 Å². The number of ketones is 1. The van der Waals surface area contributed by atoms with E-state index in [1.54, 1.807) is 13.8 Å². The molecule has 4 amide bonds. The Bertz CT molecular complexity index is 1610. The van der Waals surface area contributed by atoms with Crippen LogP contribution in [0.2, 0.25) is 0 Å². The second kappa shape index (κ2) is 15.1. The lowest BCUT2D eigenvalue weighted by atomic mass is 9.99. The molecular formula is C33H37F3N6O6. The fourth-order valence-electron chi connectivity index (χ4n) is 5.70. The third kappa shape index (κ3) is 8.44. The molecule has 5 rings (SSSR count). The molecule has 2 saturated heterocycles. The van der Waals surface area contributed by atoms with Crippen LogP contribution >= 0.6 is 0 Å². The van der Waals surface area contributed by atoms with Crippen LogP contribution in [0.25, 0.3) is 0 Å². The molecule has 48 heavy (non-hydrogen) atoms. The molecule has 0 radical (unpaired) electrons. The number of rotatable bonds is 13. The zero-order valence-corrected chi connectivity index (χ0v) is 26.6. The van der Waals surface area contributed by atoms with Crippen LogP contribution in [0.1, 0.15) is 47.0 Å². The Morgan fingerprint density at radius 1 is 1.00 bits per heavy atom. The number of hydrogen-bond donors (Lipinski definition) is 1. The number of imide groups is 1. The van der Waals surface area contributed by atoms with Gasteiger partial charge in [-0.05, 0) is 23.1 Å². The van der Waals surface area contributed by atoms with Crippen molar-refractivity contribution in [3.63, 3.8) is 0 Å². The molecule has 15 heteroatoms. The normalized spacial score (nSPS) is 18.1. The van der Waals surface area contributed by atoms with E-state index in [1.807, 2.05) is 30.3 Å². The number of carbonyl (C=O) groups is 4. The zero-order valence-electron chi connectivity index (χ0n) is 26.6. The SMILES string of the molecule is CC(C)[C@H](NC(=O)CN1C(=O)C(Cc2ccccc2)N(CCN2CCOCC2)C1=O)C(=O)c1noc(Cc2cccc(C(F)(F)F)c2)n1. The minimum atomic E-state index is -4.52. The van der Waals surface area contributed by atoms with Gasteiger partial charge in [-0.3, -0.25) is 24.2 Å². The highest BCUT2D eigenvalue weighted by Crippen LogP contribution is 2.30. The topological polar surface area (TPSA) is 138 Å². The summed E-state index contributed by atoms with van der Waals surface area (Å²) in [7, 11) is 0. The van der Waals surface area contributed by atoms with E-state index >= 15 is 0 Å². The highest BCUT2D eigenvalue weighted by atomic mass is 19.4. The Balaban J connectivity index is 1.25. The standard InChI is InChI=1S/C33H37F3N6O6/c1-21(2)28(29(44)30-38-27(48-39-30)19-23-9-6-10-24(17-23)33(34,35)36)37-26(43)20-42-31(45)25(18-22-7-4-3-5-8-22)41(32(42)46)12-11-40-13-15-47-16-14-40/h3-10,17,21,25,28H,11-16,18-20H2,1-2H3,(H,37,43)/t25?,28-/m0/s1. The van der Waals surface area contributed by atoms with Crippen LogP contribution < -0.4 is 5.32 Å². The summed E-state index contributed by atoms with van der Waals surface area (Å²) < 4.78 is 49.9. The number of nitrogens with one attached hydrogen (secondary N) is 1. The lowest BCUT2D eigenvalue weighted by Crippen LogP contribution is -2.49. The number of benzene rings is 2. The van der Waals surface area contributed by atoms with Crippen molar-refractivity contribution < 1.29 is 41.6 Å². The summed E-state index contributed by atoms with van der Waals surface area (Å²) in [5, 5.41) is 6.30. The molecule has 1 aromatic heterocycles. The molecule has 0 aliphatic carbocycles. The highest BCUT2D eigenvalue weighted by molar-refractivity contribution is 6.07. The number of hydrogen-bond acceptors (Lipinski definition) is 9. The second-order valence-electron chi connectivity index (χ2n) is 12.1. The molecule has 0 spiro atoms. The van der Waals surface area contributed by atoms with E-state index in [0.717, 1.165) is 22.6 Å². The number of urea groups is 1. The van der Waals surface area contributed by atoms with Crippen LogP contribution in [-0.2, 0) is 33.3 Å². The summed E-state index contributed by atoms with van der Waals surface area (Å²) in [6.07, 6.45) is -4.39. The number of morpholine rings is 1. The lowest BCUT2D eigenvalue weighted by molar-refractivity contribution is -0.137. The average Bonchev–Trinajstić information content (AvgIpc) is 3.61. The summed E-state index contributed by atoms with van der Waals surface area (Å²) in [6.45, 7) is 6.19. The van der Waals surface area contributed by atoms with Crippen LogP contribution in [0.3, 0.4) is 0 Å². The largest absolute Gasteiger partial charge is 0.416 e. The minimum absolute atomic E-state index is 0.0820. The summed E-state index contributed by atoms with van der Waals surface area (Å²) in [6, 6.07) is 11.4. The first-order chi connectivity index (χ1) is 22.9. The summed E-state index contributed by atoms with van der Waals surface area (Å²) in [5.74, 6) is -2.82. The van der Waals surface area contributed by atoms with Gasteiger partial charge in [-0.15, -0.1) is 0 Å². The number of halogens is 3. The molecular weight excluding hydrogens is 633 g/mol. The molecule has 3 aromatic rings. The molecule has 1 unspecified atom stereocenters. The fraction of sp³-hybridized carbons (Fsp3) is 0.455. The Morgan fingerprint density at radius 2 is 1.71 bits per heavy atom. The van der Waals surface area contributed by atoms with Gasteiger partial charge in [-0.25, -0.2) is 4.79 Å². The zero-order chi connectivity index (χ0) is 34.4. The van der Waals surface area contributed by atoms with Gasteiger partial charge in [0.15, 0.2) is 0 Å². The number of Topliss-reactive ketones (excluding diaryl/α,β-unsaturated/α-hetero) is 1. The molecule has 2 aliphatic heterocycles. The first kappa shape index (κ1) is 34.7. The van der Waals surface area contributed by atoms with Crippen molar-refractivity contribution in [2.45, 2.75) is 44.9 Å². The number of amides is 4. The van der Waals surface area contributed by atoms with Crippen molar-refractivity contribution >= 4 is 23.6 Å². The van der Waals surface area contributed by atoms with Crippen molar-refractivity contribution in [1.29, 1.82) is 0 Å². The van der Waals surface area contributed by atoms with Gasteiger partial charge in [0.2, 0.25) is 23.4 Å². The summed E-state index contributed by atoms with van der Waals surface area (Å²) in [5.41, 5.74) is 0.287. The van der Waals surface area contributed by atoms with E-state index in [0.29, 0.717) is 32.8 Å². The second-order valence-corrected chi connectivity index (χ2v) is 12.1. The quantitative estimate of drug-likeness (QED) is 0.215. The lowest BCUT2D eigenvalue weighted by Gasteiger charge is -2.29. The van der Waals surface area contributed by atoms with E-state index in [9.17, 15) is 32.3 Å². The number of aromatic nitrogens is 2. The van der Waals surface area contributed by atoms with Crippen LogP contribution in [0.4, 0.5) is 18.0 Å². The van der Waals surface area contributed by atoms with E-state index < -0.39 is 59.9 Å². The van der Waals surface area contributed by atoms with Gasteiger partial charge in [-0.2, -0.15) is 18.2 Å². The molecule has 1 N–H and O–H groups in total. The summed E-state index contributed by atoms with van der Waals surface area (Å²) >= 11 is 0. The van der Waals surface area contributed by atoms with E-state index in [2.05, 4.69) is 20.4 Å². The number of ether oxygens (including phenoxy) is 1. The molecule has 256 valence electrons. The van der Waals surface area contributed by atoms with Gasteiger partial charge in [-0.1, -0.05) is 67.5 Å². The minimum Gasteiger partial charge on any atom is -0.379 e. The smallest absolute Gasteiger partial charge is 0.379 e. The third-order valence-corrected chi connectivity index (χ3v) is 8.30. The Labute approximate surface area is 275 Å². The average molecular weight is 671 g/mol. The van der Waals surface area contributed by atoms with Crippen molar-refractivity contribution in [3.05, 3.63) is 83.0 Å². The van der Waals surface area contributed by atoms with E-state index in [4.69, 9.17) is 9.26 Å². The molecule has 12 nitrogen and oxygen atoms in total. The van der Waals surface area contributed by atoms with E-state index in [-0.39, 0.29) is 36.7 Å². The predicted octanol–water partition coefficient (Wildman–Crippen LogP) is 3.21. The monoisotopic (exact) mass is 670 g/mol. The first-order valence-corrected chi connectivity index (χ1v) is 15.7. The van der Waals surface area contributed by atoms with Gasteiger partial charge in [0, 0.05) is 32.6 Å². The van der Waals surface area contributed by atoms with Crippen LogP contribution in [0.5, 0.6) is 0 Å². The maximum Gasteiger partial charge on any atom is 0.416 e. The first-order valence-electron chi connectivity index (χ1n) is 15.7. The number of carbonyl (C=O) groups excluding carboxylic acids is 4. The van der Waals surface area contributed by atoms with Gasteiger partial charge in [0.05, 0.1) is 31.2 Å². The number of nitrogens with zero attached hydrogens (tertiary/aromatic N) is 5. The predicted molar refractivity (Wildman–Crippen MR) is 165 cm³/mol. The van der Waals surface area contributed by atoms with Crippen molar-refractivity contribution in [2.24, 2.45) is 5.92 Å². The Kier molecular flexibility index (Phi) is 10.9. The fourth-order valence-corrected chi connectivity index (χ4v) is 5.70. The molecule has 0 saturated carbocycles. The van der Waals surface area contributed by atoms with Crippen LogP contribution in [-0.4, -0.2) is 106 Å². The van der Waals surface area contributed by atoms with Crippen molar-refractivity contribution in [1.82, 2.24) is 30.2 Å². The molecule has 3 heterocycles. The maximum atomic E-state index is 13.6. The Morgan fingerprint density at radius 3 is 2.40 bits per heavy atom. The van der Waals surface area contributed by atoms with Gasteiger partial charge in [0.25, 0.3) is 5.91 Å². The molecule has 2 aliphatic rings. The van der Waals surface area contributed by atoms with E-state index in [1.165, 1.54) is 17.0 Å². The van der Waals surface area contributed by atoms with Crippen LogP contribution in [0.15, 0.2) is 59.1 Å². The van der Waals surface area contributed by atoms with Gasteiger partial charge < -0.3 is 19.5 Å². The van der Waals surface area contributed by atoms with Crippen LogP contribution in [0, 0.1) is 5.92 Å². The molecule has 2 fully saturated rings. The molecule has 2 atom stereocenters. The molecule has 0 bridgehead atoms. The van der Waals surface area contributed by atoms with Gasteiger partial charge in [0.1, 0.15) is 12.6 Å². The third-order valence-electron chi connectivity index (χ3n) is 8.30. The maximum absolute atomic E-state index is 13.6. The molecule has 2 aromatic carbocycles. The summed E-state index contributed by atoms with van der Waals surface area (Å²) in [4.78, 5) is 62.4. The Hall–Kier alpha value is -4.63.